The third kappa shape index (κ3) is 12.0. The van der Waals surface area contributed by atoms with E-state index in [-0.39, 0.29) is 12.3 Å². The van der Waals surface area contributed by atoms with Crippen molar-refractivity contribution in [1.82, 2.24) is 16.0 Å². The van der Waals surface area contributed by atoms with Gasteiger partial charge in [-0.3, -0.25) is 24.0 Å². The maximum absolute atomic E-state index is 12.7. The van der Waals surface area contributed by atoms with Crippen molar-refractivity contribution in [3.05, 3.63) is 0 Å². The third-order valence-electron chi connectivity index (χ3n) is 4.37. The Balaban J connectivity index is 5.22. The minimum absolute atomic E-state index is 0.264. The first-order valence-electron chi connectivity index (χ1n) is 10.2. The molecule has 0 aromatic rings. The van der Waals surface area contributed by atoms with Crippen molar-refractivity contribution in [3.63, 3.8) is 0 Å². The number of carbonyl (C=O) groups is 5. The number of nitrogens with one attached hydrogen (secondary N) is 3. The molecule has 0 aromatic heterocycles. The Labute approximate surface area is 177 Å². The molecule has 0 unspecified atom stereocenters. The summed E-state index contributed by atoms with van der Waals surface area (Å²) < 4.78 is 0. The maximum Gasteiger partial charge on any atom is 0.243 e. The predicted molar refractivity (Wildman–Crippen MR) is 111 cm³/mol. The van der Waals surface area contributed by atoms with Gasteiger partial charge >= 0.3 is 0 Å². The monoisotopic (exact) mass is 428 g/mol. The fraction of sp³-hybridized carbons (Fsp3) is 0.737. The minimum Gasteiger partial charge on any atom is -0.370 e. The molecule has 5 amide bonds. The molecule has 0 fully saturated rings. The topological polar surface area (TPSA) is 200 Å². The molecule has 3 atom stereocenters. The van der Waals surface area contributed by atoms with Crippen molar-refractivity contribution in [2.75, 3.05) is 6.54 Å². The predicted octanol–water partition coefficient (Wildman–Crippen LogP) is -1.61. The average molecular weight is 429 g/mol. The lowest BCUT2D eigenvalue weighted by molar-refractivity contribution is -0.134. The van der Waals surface area contributed by atoms with Gasteiger partial charge in [-0.05, 0) is 45.1 Å². The summed E-state index contributed by atoms with van der Waals surface area (Å²) in [4.78, 5) is 59.8. The number of unbranched alkanes of at least 4 members (excludes halogenated alkanes) is 1. The van der Waals surface area contributed by atoms with Crippen LogP contribution in [0.2, 0.25) is 0 Å². The summed E-state index contributed by atoms with van der Waals surface area (Å²) in [5.74, 6) is -2.95. The number of hydrogen-bond acceptors (Lipinski definition) is 6. The first-order chi connectivity index (χ1) is 14.0. The number of rotatable bonds is 15. The van der Waals surface area contributed by atoms with Gasteiger partial charge in [-0.25, -0.2) is 0 Å². The third-order valence-corrected chi connectivity index (χ3v) is 4.37. The number of hydrogen-bond donors (Lipinski definition) is 6. The van der Waals surface area contributed by atoms with E-state index >= 15 is 0 Å². The van der Waals surface area contributed by atoms with Crippen molar-refractivity contribution < 1.29 is 24.0 Å². The van der Waals surface area contributed by atoms with Gasteiger partial charge in [0.25, 0.3) is 0 Å². The second kappa shape index (κ2) is 14.3. The summed E-state index contributed by atoms with van der Waals surface area (Å²) in [5.41, 5.74) is 15.8. The van der Waals surface area contributed by atoms with Crippen molar-refractivity contribution in [1.29, 1.82) is 0 Å². The Kier molecular flexibility index (Phi) is 13.0. The molecule has 0 saturated heterocycles. The normalized spacial score (nSPS) is 13.8. The highest BCUT2D eigenvalue weighted by Gasteiger charge is 2.29. The molecule has 0 radical (unpaired) electrons. The second-order valence-electron chi connectivity index (χ2n) is 7.70. The zero-order valence-corrected chi connectivity index (χ0v) is 18.0. The van der Waals surface area contributed by atoms with E-state index in [2.05, 4.69) is 16.0 Å². The Bertz CT molecular complexity index is 610. The molecule has 0 saturated carbocycles. The van der Waals surface area contributed by atoms with Gasteiger partial charge in [-0.2, -0.15) is 0 Å². The number of carbonyl (C=O) groups excluding carboxylic acids is 5. The van der Waals surface area contributed by atoms with E-state index in [1.165, 1.54) is 6.92 Å². The molecule has 0 aliphatic carbocycles. The van der Waals surface area contributed by atoms with Gasteiger partial charge in [0.15, 0.2) is 0 Å². The maximum atomic E-state index is 12.7. The highest BCUT2D eigenvalue weighted by molar-refractivity contribution is 5.96. The Morgan fingerprint density at radius 1 is 0.800 bits per heavy atom. The molecule has 11 heteroatoms. The van der Waals surface area contributed by atoms with E-state index < -0.39 is 48.2 Å². The molecule has 9 N–H and O–H groups in total. The molecule has 0 rings (SSSR count). The summed E-state index contributed by atoms with van der Waals surface area (Å²) >= 11 is 0. The summed E-state index contributed by atoms with van der Waals surface area (Å²) in [6.07, 6.45) is 2.02. The zero-order chi connectivity index (χ0) is 23.3. The van der Waals surface area contributed by atoms with Crippen LogP contribution in [0.4, 0.5) is 0 Å². The molecule has 172 valence electrons. The molecule has 11 nitrogen and oxygen atoms in total. The smallest absolute Gasteiger partial charge is 0.243 e. The molecule has 0 spiro atoms. The number of primary amides is 2. The summed E-state index contributed by atoms with van der Waals surface area (Å²) in [6.45, 7) is 5.78. The molecule has 0 bridgehead atoms. The molecular weight excluding hydrogens is 392 g/mol. The molecular formula is C19H36N6O5. The largest absolute Gasteiger partial charge is 0.370 e. The molecule has 0 aliphatic heterocycles. The fourth-order valence-electron chi connectivity index (χ4n) is 2.52. The van der Waals surface area contributed by atoms with Crippen molar-refractivity contribution in [3.8, 4) is 0 Å². The van der Waals surface area contributed by atoms with Crippen LogP contribution in [0.5, 0.6) is 0 Å². The second-order valence-corrected chi connectivity index (χ2v) is 7.70. The van der Waals surface area contributed by atoms with Gasteiger partial charge in [0.2, 0.25) is 29.5 Å². The summed E-state index contributed by atoms with van der Waals surface area (Å²) in [7, 11) is 0. The SMILES string of the molecule is CC(C)CCC(=O)N[C@@H](CCCCN)C(=O)N[C@@H](CC(N)=O)C(=O)N[C@H](C)C(N)=O. The van der Waals surface area contributed by atoms with Crippen LogP contribution in [0.3, 0.4) is 0 Å². The van der Waals surface area contributed by atoms with Crippen LogP contribution in [-0.2, 0) is 24.0 Å². The average Bonchev–Trinajstić information content (AvgIpc) is 2.64. The molecule has 0 aromatic carbocycles. The first kappa shape index (κ1) is 27.3. The summed E-state index contributed by atoms with van der Waals surface area (Å²) in [6, 6.07) is -3.20. The summed E-state index contributed by atoms with van der Waals surface area (Å²) in [5, 5.41) is 7.43. The van der Waals surface area contributed by atoms with Crippen LogP contribution in [0.1, 0.15) is 59.3 Å². The van der Waals surface area contributed by atoms with Crippen LogP contribution < -0.4 is 33.2 Å². The van der Waals surface area contributed by atoms with E-state index in [1.807, 2.05) is 13.8 Å². The Morgan fingerprint density at radius 3 is 1.90 bits per heavy atom. The van der Waals surface area contributed by atoms with Crippen LogP contribution in [0.15, 0.2) is 0 Å². The van der Waals surface area contributed by atoms with E-state index in [1.54, 1.807) is 0 Å². The van der Waals surface area contributed by atoms with Crippen molar-refractivity contribution in [2.24, 2.45) is 23.1 Å². The minimum atomic E-state index is -1.30. The number of amides is 5. The van der Waals surface area contributed by atoms with E-state index in [4.69, 9.17) is 17.2 Å². The van der Waals surface area contributed by atoms with Gasteiger partial charge < -0.3 is 33.2 Å². The molecule has 30 heavy (non-hydrogen) atoms. The highest BCUT2D eigenvalue weighted by Crippen LogP contribution is 2.06. The quantitative estimate of drug-likeness (QED) is 0.169. The first-order valence-corrected chi connectivity index (χ1v) is 10.2. The van der Waals surface area contributed by atoms with E-state index in [9.17, 15) is 24.0 Å². The molecule has 0 heterocycles. The zero-order valence-electron chi connectivity index (χ0n) is 18.0. The van der Waals surface area contributed by atoms with Crippen molar-refractivity contribution in [2.45, 2.75) is 77.4 Å². The Hall–Kier alpha value is -2.69. The van der Waals surface area contributed by atoms with Crippen LogP contribution in [-0.4, -0.2) is 54.2 Å². The lowest BCUT2D eigenvalue weighted by atomic mass is 10.0. The van der Waals surface area contributed by atoms with E-state index in [0.717, 1.165) is 0 Å². The lowest BCUT2D eigenvalue weighted by Gasteiger charge is -2.23. The van der Waals surface area contributed by atoms with Gasteiger partial charge in [-0.15, -0.1) is 0 Å². The van der Waals surface area contributed by atoms with Crippen LogP contribution in [0, 0.1) is 5.92 Å². The van der Waals surface area contributed by atoms with Gasteiger partial charge in [0, 0.05) is 6.42 Å². The fourth-order valence-corrected chi connectivity index (χ4v) is 2.52. The number of nitrogens with two attached hydrogens (primary N) is 3. The Morgan fingerprint density at radius 2 is 1.40 bits per heavy atom. The van der Waals surface area contributed by atoms with Crippen molar-refractivity contribution >= 4 is 29.5 Å². The highest BCUT2D eigenvalue weighted by atomic mass is 16.2. The van der Waals surface area contributed by atoms with Gasteiger partial charge in [-0.1, -0.05) is 13.8 Å². The van der Waals surface area contributed by atoms with Crippen LogP contribution >= 0.6 is 0 Å². The van der Waals surface area contributed by atoms with Crippen LogP contribution in [0.25, 0.3) is 0 Å². The molecule has 0 aliphatic rings. The van der Waals surface area contributed by atoms with Gasteiger partial charge in [0.1, 0.15) is 18.1 Å². The van der Waals surface area contributed by atoms with E-state index in [0.29, 0.717) is 38.1 Å². The van der Waals surface area contributed by atoms with Gasteiger partial charge in [0.05, 0.1) is 6.42 Å². The lowest BCUT2D eigenvalue weighted by Crippen LogP contribution is -2.56. The standard InChI is InChI=1S/C19H36N6O5/c1-11(2)7-8-16(27)24-13(6-4-5-9-20)18(29)25-14(10-15(21)26)19(30)23-12(3)17(22)28/h11-14H,4-10,20H2,1-3H3,(H2,21,26)(H2,22,28)(H,23,30)(H,24,27)(H,25,29)/t12-,13+,14+/m1/s1.